The Labute approximate surface area is 163 Å². The smallest absolute Gasteiger partial charge is 0.272 e. The van der Waals surface area contributed by atoms with E-state index in [1.807, 2.05) is 30.6 Å². The number of hydrogen-bond acceptors (Lipinski definition) is 2. The number of nitrogens with one attached hydrogen (secondary N) is 2. The first-order chi connectivity index (χ1) is 11.7. The molecule has 0 bridgehead atoms. The monoisotopic (exact) mass is 464 g/mol. The van der Waals surface area contributed by atoms with Crippen LogP contribution in [0.25, 0.3) is 0 Å². The Bertz CT molecular complexity index is 635. The largest absolute Gasteiger partial charge is 0.488 e. The summed E-state index contributed by atoms with van der Waals surface area (Å²) in [5, 5.41) is 6.40. The molecule has 0 amide bonds. The van der Waals surface area contributed by atoms with Crippen molar-refractivity contribution in [3.05, 3.63) is 54.4 Å². The number of guanidine groups is 1. The first kappa shape index (κ1) is 21.2. The predicted molar refractivity (Wildman–Crippen MR) is 106 cm³/mol. The third-order valence-corrected chi connectivity index (χ3v) is 3.29. The highest BCUT2D eigenvalue weighted by Gasteiger charge is 2.04. The highest BCUT2D eigenvalue weighted by Crippen LogP contribution is 2.14. The van der Waals surface area contributed by atoms with Gasteiger partial charge in [-0.1, -0.05) is 12.1 Å². The minimum Gasteiger partial charge on any atom is -0.488 e. The van der Waals surface area contributed by atoms with Crippen LogP contribution in [0, 0.1) is 0 Å². The van der Waals surface area contributed by atoms with Gasteiger partial charge in [0, 0.05) is 39.1 Å². The number of nitrogens with zero attached hydrogens (tertiary/aromatic N) is 2. The van der Waals surface area contributed by atoms with Gasteiger partial charge in [-0.25, -0.2) is 8.78 Å². The molecule has 0 fully saturated rings. The van der Waals surface area contributed by atoms with Crippen LogP contribution in [0.4, 0.5) is 8.78 Å². The Hall–Kier alpha value is -1.84. The lowest BCUT2D eigenvalue weighted by atomic mass is 10.2. The second-order valence-electron chi connectivity index (χ2n) is 5.12. The number of aromatic nitrogens is 1. The molecule has 0 unspecified atom stereocenters. The molecule has 0 aliphatic rings. The van der Waals surface area contributed by atoms with Gasteiger partial charge in [-0.15, -0.1) is 24.0 Å². The SMILES string of the molecule is CN=C(NCCn1cccc1)NCc1cccc(OCC(F)F)c1.I. The van der Waals surface area contributed by atoms with Crippen molar-refractivity contribution in [1.29, 1.82) is 0 Å². The van der Waals surface area contributed by atoms with E-state index in [0.29, 0.717) is 18.3 Å². The van der Waals surface area contributed by atoms with E-state index in [2.05, 4.69) is 20.2 Å². The molecule has 5 nitrogen and oxygen atoms in total. The molecular weight excluding hydrogens is 441 g/mol. The summed E-state index contributed by atoms with van der Waals surface area (Å²) in [4.78, 5) is 4.16. The van der Waals surface area contributed by atoms with Crippen LogP contribution in [-0.2, 0) is 13.1 Å². The van der Waals surface area contributed by atoms with Crippen molar-refractivity contribution < 1.29 is 13.5 Å². The summed E-state index contributed by atoms with van der Waals surface area (Å²) in [5.41, 5.74) is 0.926. The lowest BCUT2D eigenvalue weighted by molar-refractivity contribution is 0.0818. The lowest BCUT2D eigenvalue weighted by Gasteiger charge is -2.13. The fraction of sp³-hybridized carbons (Fsp3) is 0.353. The van der Waals surface area contributed by atoms with Crippen molar-refractivity contribution >= 4 is 29.9 Å². The Morgan fingerprint density at radius 1 is 1.20 bits per heavy atom. The summed E-state index contributed by atoms with van der Waals surface area (Å²) in [5.74, 6) is 1.12. The van der Waals surface area contributed by atoms with Crippen LogP contribution in [0.2, 0.25) is 0 Å². The van der Waals surface area contributed by atoms with Crippen molar-refractivity contribution in [2.24, 2.45) is 4.99 Å². The van der Waals surface area contributed by atoms with E-state index >= 15 is 0 Å². The van der Waals surface area contributed by atoms with Crippen LogP contribution < -0.4 is 15.4 Å². The topological polar surface area (TPSA) is 50.6 Å². The summed E-state index contributed by atoms with van der Waals surface area (Å²) < 4.78 is 31.5. The molecule has 2 rings (SSSR count). The Morgan fingerprint density at radius 2 is 1.96 bits per heavy atom. The molecule has 0 aliphatic carbocycles. The van der Waals surface area contributed by atoms with Crippen LogP contribution in [0.1, 0.15) is 5.56 Å². The van der Waals surface area contributed by atoms with Crippen LogP contribution in [0.15, 0.2) is 53.8 Å². The fourth-order valence-electron chi connectivity index (χ4n) is 2.13. The van der Waals surface area contributed by atoms with Crippen LogP contribution in [0.3, 0.4) is 0 Å². The van der Waals surface area contributed by atoms with Gasteiger partial charge in [-0.05, 0) is 29.8 Å². The highest BCUT2D eigenvalue weighted by molar-refractivity contribution is 14.0. The Balaban J connectivity index is 0.00000312. The average Bonchev–Trinajstić information content (AvgIpc) is 3.10. The number of alkyl halides is 2. The van der Waals surface area contributed by atoms with Crippen molar-refractivity contribution in [2.45, 2.75) is 19.5 Å². The molecule has 1 heterocycles. The Kier molecular flexibility index (Phi) is 9.90. The van der Waals surface area contributed by atoms with Crippen molar-refractivity contribution in [3.8, 4) is 5.75 Å². The zero-order valence-electron chi connectivity index (χ0n) is 14.0. The van der Waals surface area contributed by atoms with Gasteiger partial charge in [-0.3, -0.25) is 4.99 Å². The summed E-state index contributed by atoms with van der Waals surface area (Å²) in [6.45, 7) is 1.51. The van der Waals surface area contributed by atoms with Gasteiger partial charge < -0.3 is 19.9 Å². The van der Waals surface area contributed by atoms with E-state index < -0.39 is 13.0 Å². The standard InChI is InChI=1S/C17H22F2N4O.HI/c1-20-17(21-7-10-23-8-2-3-9-23)22-12-14-5-4-6-15(11-14)24-13-16(18)19;/h2-6,8-9,11,16H,7,10,12-13H2,1H3,(H2,20,21,22);1H. The fourth-order valence-corrected chi connectivity index (χ4v) is 2.13. The molecule has 0 spiro atoms. The van der Waals surface area contributed by atoms with Gasteiger partial charge in [-0.2, -0.15) is 0 Å². The molecule has 1 aromatic heterocycles. The molecule has 2 N–H and O–H groups in total. The zero-order chi connectivity index (χ0) is 17.2. The van der Waals surface area contributed by atoms with Crippen molar-refractivity contribution in [3.63, 3.8) is 0 Å². The van der Waals surface area contributed by atoms with Crippen LogP contribution >= 0.6 is 24.0 Å². The van der Waals surface area contributed by atoms with Gasteiger partial charge in [0.1, 0.15) is 12.4 Å². The molecule has 138 valence electrons. The molecule has 0 saturated carbocycles. The molecular formula is C17H23F2IN4O. The number of rotatable bonds is 8. The first-order valence-electron chi connectivity index (χ1n) is 7.72. The van der Waals surface area contributed by atoms with E-state index in [4.69, 9.17) is 4.74 Å². The van der Waals surface area contributed by atoms with E-state index in [0.717, 1.165) is 18.7 Å². The third kappa shape index (κ3) is 8.19. The van der Waals surface area contributed by atoms with E-state index in [-0.39, 0.29) is 24.0 Å². The number of halogens is 3. The van der Waals surface area contributed by atoms with E-state index in [9.17, 15) is 8.78 Å². The third-order valence-electron chi connectivity index (χ3n) is 3.29. The first-order valence-corrected chi connectivity index (χ1v) is 7.72. The maximum atomic E-state index is 12.2. The maximum Gasteiger partial charge on any atom is 0.272 e. The average molecular weight is 464 g/mol. The second kappa shape index (κ2) is 11.7. The summed E-state index contributed by atoms with van der Waals surface area (Å²) in [6, 6.07) is 11.0. The molecule has 0 radical (unpaired) electrons. The van der Waals surface area contributed by atoms with Gasteiger partial charge in [0.05, 0.1) is 0 Å². The Morgan fingerprint density at radius 3 is 2.64 bits per heavy atom. The molecule has 8 heteroatoms. The molecule has 1 aromatic carbocycles. The van der Waals surface area contributed by atoms with E-state index in [1.54, 1.807) is 25.2 Å². The summed E-state index contributed by atoms with van der Waals surface area (Å²) in [6.07, 6.45) is 1.53. The summed E-state index contributed by atoms with van der Waals surface area (Å²) in [7, 11) is 1.70. The van der Waals surface area contributed by atoms with Crippen LogP contribution in [-0.4, -0.2) is 37.2 Å². The number of benzene rings is 1. The normalized spacial score (nSPS) is 11.1. The molecule has 25 heavy (non-hydrogen) atoms. The van der Waals surface area contributed by atoms with E-state index in [1.165, 1.54) is 0 Å². The predicted octanol–water partition coefficient (Wildman–Crippen LogP) is 3.12. The lowest BCUT2D eigenvalue weighted by Crippen LogP contribution is -2.38. The van der Waals surface area contributed by atoms with Crippen LogP contribution in [0.5, 0.6) is 5.75 Å². The van der Waals surface area contributed by atoms with Gasteiger partial charge >= 0.3 is 0 Å². The number of ether oxygens (including phenoxy) is 1. The molecule has 0 saturated heterocycles. The summed E-state index contributed by atoms with van der Waals surface area (Å²) >= 11 is 0. The molecule has 0 aliphatic heterocycles. The van der Waals surface area contributed by atoms with Crippen molar-refractivity contribution in [2.75, 3.05) is 20.2 Å². The molecule has 2 aromatic rings. The minimum absolute atomic E-state index is 0. The molecule has 0 atom stereocenters. The minimum atomic E-state index is -2.48. The van der Waals surface area contributed by atoms with Gasteiger partial charge in [0.25, 0.3) is 6.43 Å². The number of aliphatic imine (C=N–C) groups is 1. The van der Waals surface area contributed by atoms with Crippen molar-refractivity contribution in [1.82, 2.24) is 15.2 Å². The maximum absolute atomic E-state index is 12.2. The zero-order valence-corrected chi connectivity index (χ0v) is 16.3. The second-order valence-corrected chi connectivity index (χ2v) is 5.12. The quantitative estimate of drug-likeness (QED) is 0.359. The highest BCUT2D eigenvalue weighted by atomic mass is 127. The van der Waals surface area contributed by atoms with Gasteiger partial charge in [0.15, 0.2) is 5.96 Å². The number of hydrogen-bond donors (Lipinski definition) is 2. The van der Waals surface area contributed by atoms with Gasteiger partial charge in [0.2, 0.25) is 0 Å².